The number of rotatable bonds is 4. The van der Waals surface area contributed by atoms with E-state index in [2.05, 4.69) is 6.58 Å². The molecule has 1 N–H and O–H groups in total. The van der Waals surface area contributed by atoms with E-state index in [4.69, 9.17) is 5.11 Å². The number of hydrogen-bond acceptors (Lipinski definition) is 1. The summed E-state index contributed by atoms with van der Waals surface area (Å²) in [6.45, 7) is 3.41. The lowest BCUT2D eigenvalue weighted by Crippen LogP contribution is -2.03. The first-order valence-corrected chi connectivity index (χ1v) is 3.54. The fourth-order valence-corrected chi connectivity index (χ4v) is 0.689. The van der Waals surface area contributed by atoms with Gasteiger partial charge in [-0.2, -0.15) is 13.2 Å². The van der Waals surface area contributed by atoms with Gasteiger partial charge in [0.15, 0.2) is 0 Å². The molecule has 0 amide bonds. The van der Waals surface area contributed by atoms with Crippen molar-refractivity contribution < 1.29 is 18.3 Å². The van der Waals surface area contributed by atoms with Crippen LogP contribution >= 0.6 is 0 Å². The third-order valence-corrected chi connectivity index (χ3v) is 1.17. The van der Waals surface area contributed by atoms with E-state index in [1.165, 1.54) is 0 Å². The Morgan fingerprint density at radius 1 is 1.42 bits per heavy atom. The predicted molar refractivity (Wildman–Crippen MR) is 40.8 cm³/mol. The third-order valence-electron chi connectivity index (χ3n) is 1.17. The van der Waals surface area contributed by atoms with Gasteiger partial charge in [0.1, 0.15) is 0 Å². The Labute approximate surface area is 69.2 Å². The molecule has 0 aromatic carbocycles. The second-order valence-corrected chi connectivity index (χ2v) is 2.36. The van der Waals surface area contributed by atoms with Crippen LogP contribution in [-0.2, 0) is 0 Å². The minimum atomic E-state index is -4.42. The zero-order valence-corrected chi connectivity index (χ0v) is 6.56. The van der Waals surface area contributed by atoms with Crippen molar-refractivity contribution in [3.05, 3.63) is 24.5 Å². The Morgan fingerprint density at radius 3 is 2.42 bits per heavy atom. The van der Waals surface area contributed by atoms with E-state index in [1.54, 1.807) is 6.08 Å². The Hall–Kier alpha value is -0.930. The molecule has 0 fully saturated rings. The second-order valence-electron chi connectivity index (χ2n) is 2.36. The minimum absolute atomic E-state index is 0.0472. The van der Waals surface area contributed by atoms with Crippen molar-refractivity contribution in [3.63, 3.8) is 0 Å². The summed E-state index contributed by atoms with van der Waals surface area (Å²) in [4.78, 5) is 0. The van der Waals surface area contributed by atoms with Crippen LogP contribution in [0.5, 0.6) is 0 Å². The molecule has 4 heteroatoms. The lowest BCUT2D eigenvalue weighted by molar-refractivity contribution is -0.0822. The van der Waals surface area contributed by atoms with E-state index in [0.29, 0.717) is 12.8 Å². The van der Waals surface area contributed by atoms with Crippen LogP contribution in [0.25, 0.3) is 0 Å². The molecule has 0 saturated heterocycles. The summed E-state index contributed by atoms with van der Waals surface area (Å²) in [6.07, 6.45) is -1.77. The monoisotopic (exact) mass is 180 g/mol. The normalized spacial score (nSPS) is 13.1. The van der Waals surface area contributed by atoms with Gasteiger partial charge in [0.25, 0.3) is 0 Å². The standard InChI is InChI=1S/C8H11F3O/c1-2-3-4-5-7(12)6-8(9,10)11/h2,6,12H,1,3-5H2/b7-6-. The number of aliphatic hydroxyl groups excluding tert-OH is 1. The van der Waals surface area contributed by atoms with Crippen molar-refractivity contribution in [1.82, 2.24) is 0 Å². The molecule has 0 radical (unpaired) electrons. The highest BCUT2D eigenvalue weighted by Crippen LogP contribution is 2.19. The quantitative estimate of drug-likeness (QED) is 0.399. The highest BCUT2D eigenvalue weighted by atomic mass is 19.4. The smallest absolute Gasteiger partial charge is 0.412 e. The number of alkyl halides is 3. The van der Waals surface area contributed by atoms with Crippen molar-refractivity contribution in [3.8, 4) is 0 Å². The van der Waals surface area contributed by atoms with Crippen molar-refractivity contribution in [2.45, 2.75) is 25.4 Å². The van der Waals surface area contributed by atoms with Crippen molar-refractivity contribution in [2.75, 3.05) is 0 Å². The van der Waals surface area contributed by atoms with Gasteiger partial charge in [0.2, 0.25) is 0 Å². The molecule has 12 heavy (non-hydrogen) atoms. The summed E-state index contributed by atoms with van der Waals surface area (Å²) in [6, 6.07) is 0. The maximum absolute atomic E-state index is 11.6. The summed E-state index contributed by atoms with van der Waals surface area (Å²) in [5, 5.41) is 8.72. The molecule has 0 aromatic heterocycles. The maximum Gasteiger partial charge on any atom is 0.412 e. The Kier molecular flexibility index (Phi) is 4.47. The summed E-state index contributed by atoms with van der Waals surface area (Å²) in [7, 11) is 0. The lowest BCUT2D eigenvalue weighted by Gasteiger charge is -2.01. The first-order chi connectivity index (χ1) is 5.45. The molecule has 0 aliphatic rings. The van der Waals surface area contributed by atoms with Crippen LogP contribution in [0.3, 0.4) is 0 Å². The molecule has 0 rings (SSSR count). The van der Waals surface area contributed by atoms with E-state index in [0.717, 1.165) is 0 Å². The van der Waals surface area contributed by atoms with Gasteiger partial charge in [-0.1, -0.05) is 6.08 Å². The summed E-state index contributed by atoms with van der Waals surface area (Å²) < 4.78 is 34.7. The number of halogens is 3. The summed E-state index contributed by atoms with van der Waals surface area (Å²) in [5.41, 5.74) is 0. The van der Waals surface area contributed by atoms with Gasteiger partial charge < -0.3 is 5.11 Å². The van der Waals surface area contributed by atoms with Gasteiger partial charge in [-0.25, -0.2) is 0 Å². The van der Waals surface area contributed by atoms with E-state index in [1.807, 2.05) is 0 Å². The number of allylic oxidation sites excluding steroid dienone is 3. The van der Waals surface area contributed by atoms with Crippen LogP contribution in [0.4, 0.5) is 13.2 Å². The zero-order valence-electron chi connectivity index (χ0n) is 6.56. The molecule has 0 spiro atoms. The molecule has 70 valence electrons. The van der Waals surface area contributed by atoms with Crippen molar-refractivity contribution in [2.24, 2.45) is 0 Å². The van der Waals surface area contributed by atoms with E-state index in [-0.39, 0.29) is 12.5 Å². The average molecular weight is 180 g/mol. The van der Waals surface area contributed by atoms with Crippen LogP contribution in [-0.4, -0.2) is 11.3 Å². The third kappa shape index (κ3) is 7.18. The summed E-state index contributed by atoms with van der Waals surface area (Å²) >= 11 is 0. The van der Waals surface area contributed by atoms with Crippen LogP contribution in [0.15, 0.2) is 24.5 Å². The van der Waals surface area contributed by atoms with Crippen molar-refractivity contribution in [1.29, 1.82) is 0 Å². The molecule has 0 heterocycles. The number of hydrogen-bond donors (Lipinski definition) is 1. The molecule has 0 aliphatic heterocycles. The Morgan fingerprint density at radius 2 is 2.00 bits per heavy atom. The largest absolute Gasteiger partial charge is 0.512 e. The van der Waals surface area contributed by atoms with E-state index in [9.17, 15) is 13.2 Å². The van der Waals surface area contributed by atoms with Gasteiger partial charge in [0, 0.05) is 6.42 Å². The molecule has 1 nitrogen and oxygen atoms in total. The summed E-state index contributed by atoms with van der Waals surface area (Å²) in [5.74, 6) is -0.621. The topological polar surface area (TPSA) is 20.2 Å². The molecule has 0 aromatic rings. The Balaban J connectivity index is 3.78. The maximum atomic E-state index is 11.6. The van der Waals surface area contributed by atoms with Gasteiger partial charge in [0.05, 0.1) is 11.8 Å². The molecule has 0 bridgehead atoms. The van der Waals surface area contributed by atoms with E-state index < -0.39 is 11.9 Å². The Bertz CT molecular complexity index is 170. The highest BCUT2D eigenvalue weighted by Gasteiger charge is 2.24. The molecular formula is C8H11F3O. The first kappa shape index (κ1) is 11.1. The molecule has 0 saturated carbocycles. The van der Waals surface area contributed by atoms with Crippen LogP contribution in [0, 0.1) is 0 Å². The SMILES string of the molecule is C=CCCC/C(O)=C/C(F)(F)F. The van der Waals surface area contributed by atoms with Crippen LogP contribution in [0.2, 0.25) is 0 Å². The molecule has 0 unspecified atom stereocenters. The van der Waals surface area contributed by atoms with Crippen LogP contribution in [0.1, 0.15) is 19.3 Å². The molecular weight excluding hydrogens is 169 g/mol. The fourth-order valence-electron chi connectivity index (χ4n) is 0.689. The fraction of sp³-hybridized carbons (Fsp3) is 0.500. The minimum Gasteiger partial charge on any atom is -0.512 e. The van der Waals surface area contributed by atoms with Gasteiger partial charge >= 0.3 is 6.18 Å². The zero-order chi connectivity index (χ0) is 9.61. The van der Waals surface area contributed by atoms with Gasteiger partial charge in [-0.05, 0) is 12.8 Å². The van der Waals surface area contributed by atoms with Gasteiger partial charge in [-0.3, -0.25) is 0 Å². The molecule has 0 aliphatic carbocycles. The lowest BCUT2D eigenvalue weighted by atomic mass is 10.2. The highest BCUT2D eigenvalue weighted by molar-refractivity contribution is 4.96. The van der Waals surface area contributed by atoms with Gasteiger partial charge in [-0.15, -0.1) is 6.58 Å². The number of unbranched alkanes of at least 4 members (excludes halogenated alkanes) is 1. The predicted octanol–water partition coefficient (Wildman–Crippen LogP) is 3.35. The second kappa shape index (κ2) is 4.85. The molecule has 0 atom stereocenters. The number of aliphatic hydroxyl groups is 1. The average Bonchev–Trinajstić information content (AvgIpc) is 1.84. The first-order valence-electron chi connectivity index (χ1n) is 3.54. The van der Waals surface area contributed by atoms with Crippen LogP contribution < -0.4 is 0 Å². The van der Waals surface area contributed by atoms with E-state index >= 15 is 0 Å². The van der Waals surface area contributed by atoms with Crippen molar-refractivity contribution >= 4 is 0 Å².